The van der Waals surface area contributed by atoms with Crippen molar-refractivity contribution in [3.63, 3.8) is 0 Å². The van der Waals surface area contributed by atoms with Crippen molar-refractivity contribution in [2.45, 2.75) is 38.4 Å². The van der Waals surface area contributed by atoms with E-state index < -0.39 is 18.0 Å². The van der Waals surface area contributed by atoms with E-state index in [2.05, 4.69) is 21.7 Å². The Labute approximate surface area is 208 Å². The second-order valence-electron chi connectivity index (χ2n) is 7.81. The number of carbonyl (C=O) groups is 2. The van der Waals surface area contributed by atoms with Crippen LogP contribution in [-0.4, -0.2) is 43.6 Å². The number of nitrogens with zero attached hydrogens (tertiary/aromatic N) is 2. The van der Waals surface area contributed by atoms with Crippen LogP contribution in [0.1, 0.15) is 40.9 Å². The van der Waals surface area contributed by atoms with Gasteiger partial charge in [0.15, 0.2) is 0 Å². The van der Waals surface area contributed by atoms with Crippen LogP contribution in [-0.2, 0) is 20.9 Å². The molecule has 1 aliphatic rings. The first-order valence-electron chi connectivity index (χ1n) is 11.0. The summed E-state index contributed by atoms with van der Waals surface area (Å²) in [5.74, 6) is 0.306. The second kappa shape index (κ2) is 11.7. The minimum atomic E-state index is -0.748. The molecule has 0 saturated heterocycles. The van der Waals surface area contributed by atoms with Gasteiger partial charge in [-0.25, -0.2) is 14.6 Å². The van der Waals surface area contributed by atoms with Crippen LogP contribution in [0.5, 0.6) is 5.75 Å². The van der Waals surface area contributed by atoms with Gasteiger partial charge in [0.2, 0.25) is 0 Å². The number of thioether (sulfide) groups is 1. The average Bonchev–Trinajstić information content (AvgIpc) is 2.82. The van der Waals surface area contributed by atoms with Gasteiger partial charge in [0.25, 0.3) is 0 Å². The number of pyridine rings is 1. The summed E-state index contributed by atoms with van der Waals surface area (Å²) >= 11 is 1.28. The lowest BCUT2D eigenvalue weighted by molar-refractivity contribution is -0.139. The molecule has 1 aromatic heterocycles. The smallest absolute Gasteiger partial charge is 0.338 e. The number of hydrogen-bond acceptors (Lipinski definition) is 8. The third-order valence-electron chi connectivity index (χ3n) is 5.36. The summed E-state index contributed by atoms with van der Waals surface area (Å²) in [5, 5.41) is 15.7. The Hall–Kier alpha value is -3.55. The van der Waals surface area contributed by atoms with E-state index in [1.165, 1.54) is 11.8 Å². The Morgan fingerprint density at radius 1 is 1.26 bits per heavy atom. The largest absolute Gasteiger partial charge is 0.496 e. The van der Waals surface area contributed by atoms with E-state index in [0.29, 0.717) is 34.2 Å². The summed E-state index contributed by atoms with van der Waals surface area (Å²) in [7, 11) is 3.14. The summed E-state index contributed by atoms with van der Waals surface area (Å²) in [4.78, 5) is 30.2. The number of aryl methyl sites for hydroxylation is 2. The van der Waals surface area contributed by atoms with Crippen LogP contribution in [0.2, 0.25) is 0 Å². The molecule has 0 bridgehead atoms. The lowest BCUT2D eigenvalue weighted by Gasteiger charge is -2.29. The molecule has 1 atom stereocenters. The Morgan fingerprint density at radius 2 is 2.03 bits per heavy atom. The van der Waals surface area contributed by atoms with Gasteiger partial charge in [-0.15, -0.1) is 0 Å². The van der Waals surface area contributed by atoms with Crippen LogP contribution < -0.4 is 15.4 Å². The monoisotopic (exact) mass is 496 g/mol. The molecule has 0 fully saturated rings. The molecule has 3 rings (SSSR count). The molecule has 184 valence electrons. The molecule has 10 heteroatoms. The van der Waals surface area contributed by atoms with Gasteiger partial charge in [0.1, 0.15) is 16.8 Å². The number of nitriles is 1. The Morgan fingerprint density at radius 3 is 2.69 bits per heavy atom. The number of aromatic nitrogens is 1. The summed E-state index contributed by atoms with van der Waals surface area (Å²) in [6.07, 6.45) is 0. The maximum absolute atomic E-state index is 13.1. The highest BCUT2D eigenvalue weighted by molar-refractivity contribution is 7.99. The summed E-state index contributed by atoms with van der Waals surface area (Å²) in [6, 6.07) is 8.23. The molecule has 0 radical (unpaired) electrons. The number of nitrogens with one attached hydrogen (secondary N) is 2. The maximum Gasteiger partial charge on any atom is 0.338 e. The highest BCUT2D eigenvalue weighted by Gasteiger charge is 2.34. The molecule has 2 heterocycles. The zero-order valence-electron chi connectivity index (χ0n) is 20.4. The third-order valence-corrected chi connectivity index (χ3v) is 6.37. The van der Waals surface area contributed by atoms with E-state index in [1.54, 1.807) is 33.3 Å². The number of rotatable bonds is 9. The number of hydrogen-bond donors (Lipinski definition) is 2. The van der Waals surface area contributed by atoms with Crippen LogP contribution in [0, 0.1) is 25.2 Å². The van der Waals surface area contributed by atoms with Crippen molar-refractivity contribution in [1.82, 2.24) is 15.6 Å². The fourth-order valence-electron chi connectivity index (χ4n) is 3.86. The predicted molar refractivity (Wildman–Crippen MR) is 131 cm³/mol. The summed E-state index contributed by atoms with van der Waals surface area (Å²) in [6.45, 7) is 5.90. The molecule has 0 saturated carbocycles. The molecule has 0 spiro atoms. The van der Waals surface area contributed by atoms with Crippen molar-refractivity contribution in [1.29, 1.82) is 5.26 Å². The number of carbonyl (C=O) groups excluding carboxylic acids is 2. The first kappa shape index (κ1) is 26.1. The molecular formula is C25H28N4O5S. The lowest BCUT2D eigenvalue weighted by atomic mass is 9.94. The molecule has 2 amide bonds. The standard InChI is InChI=1S/C25H28N4O5S/c1-6-34-24(30)21-19(13-35-23-18(11-26)14(2)9-15(3)27-23)28-25(31)29-22(21)16-7-8-20(33-5)17(10-16)12-32-4/h7-10,22H,6,12-13H2,1-5H3,(H2,28,29,31)/t22-/m0/s1. The summed E-state index contributed by atoms with van der Waals surface area (Å²) in [5.41, 5.74) is 4.21. The van der Waals surface area contributed by atoms with Crippen molar-refractivity contribution in [3.8, 4) is 11.8 Å². The van der Waals surface area contributed by atoms with E-state index >= 15 is 0 Å². The van der Waals surface area contributed by atoms with Gasteiger partial charge in [0.05, 0.1) is 37.5 Å². The molecule has 0 aliphatic carbocycles. The minimum Gasteiger partial charge on any atom is -0.496 e. The van der Waals surface area contributed by atoms with Crippen LogP contribution in [0.3, 0.4) is 0 Å². The van der Waals surface area contributed by atoms with Crippen LogP contribution in [0.15, 0.2) is 40.6 Å². The van der Waals surface area contributed by atoms with Gasteiger partial charge in [-0.1, -0.05) is 17.8 Å². The molecular weight excluding hydrogens is 468 g/mol. The van der Waals surface area contributed by atoms with Gasteiger partial charge in [-0.3, -0.25) is 0 Å². The molecule has 2 N–H and O–H groups in total. The van der Waals surface area contributed by atoms with Crippen LogP contribution in [0.25, 0.3) is 0 Å². The van der Waals surface area contributed by atoms with E-state index in [4.69, 9.17) is 14.2 Å². The SMILES string of the molecule is CCOC(=O)C1=C(CSc2nc(C)cc(C)c2C#N)NC(=O)N[C@H]1c1ccc(OC)c(COC)c1. The number of benzene rings is 1. The molecule has 35 heavy (non-hydrogen) atoms. The van der Waals surface area contributed by atoms with Crippen molar-refractivity contribution in [2.75, 3.05) is 26.6 Å². The molecule has 1 aromatic carbocycles. The zero-order chi connectivity index (χ0) is 25.5. The van der Waals surface area contributed by atoms with Crippen molar-refractivity contribution >= 4 is 23.8 Å². The van der Waals surface area contributed by atoms with Gasteiger partial charge in [0, 0.05) is 29.8 Å². The number of esters is 1. The second-order valence-corrected chi connectivity index (χ2v) is 8.77. The lowest BCUT2D eigenvalue weighted by Crippen LogP contribution is -2.46. The van der Waals surface area contributed by atoms with Gasteiger partial charge in [-0.2, -0.15) is 5.26 Å². The first-order valence-corrected chi connectivity index (χ1v) is 12.0. The molecule has 9 nitrogen and oxygen atoms in total. The van der Waals surface area contributed by atoms with Crippen molar-refractivity contribution < 1.29 is 23.8 Å². The van der Waals surface area contributed by atoms with Crippen molar-refractivity contribution in [3.05, 3.63) is 63.5 Å². The predicted octanol–water partition coefficient (Wildman–Crippen LogP) is 3.69. The Balaban J connectivity index is 2.06. The number of amides is 2. The third kappa shape index (κ3) is 5.93. The van der Waals surface area contributed by atoms with E-state index in [1.807, 2.05) is 26.0 Å². The molecule has 1 aliphatic heterocycles. The van der Waals surface area contributed by atoms with E-state index in [9.17, 15) is 14.9 Å². The van der Waals surface area contributed by atoms with Crippen LogP contribution in [0.4, 0.5) is 4.79 Å². The number of methoxy groups -OCH3 is 2. The van der Waals surface area contributed by atoms with Crippen molar-refractivity contribution in [2.24, 2.45) is 0 Å². The fraction of sp³-hybridized carbons (Fsp3) is 0.360. The first-order chi connectivity index (χ1) is 16.8. The Bertz CT molecular complexity index is 1210. The average molecular weight is 497 g/mol. The molecule has 0 unspecified atom stereocenters. The van der Waals surface area contributed by atoms with Crippen LogP contribution >= 0.6 is 11.8 Å². The highest BCUT2D eigenvalue weighted by atomic mass is 32.2. The maximum atomic E-state index is 13.1. The number of ether oxygens (including phenoxy) is 3. The quantitative estimate of drug-likeness (QED) is 0.398. The zero-order valence-corrected chi connectivity index (χ0v) is 21.2. The topological polar surface area (TPSA) is 123 Å². The van der Waals surface area contributed by atoms with Gasteiger partial charge >= 0.3 is 12.0 Å². The van der Waals surface area contributed by atoms with Gasteiger partial charge < -0.3 is 24.8 Å². The highest BCUT2D eigenvalue weighted by Crippen LogP contribution is 2.33. The fourth-order valence-corrected chi connectivity index (χ4v) is 4.93. The van der Waals surface area contributed by atoms with E-state index in [-0.39, 0.29) is 17.9 Å². The molecule has 2 aromatic rings. The van der Waals surface area contributed by atoms with E-state index in [0.717, 1.165) is 16.8 Å². The summed E-state index contributed by atoms with van der Waals surface area (Å²) < 4.78 is 16.0. The van der Waals surface area contributed by atoms with Gasteiger partial charge in [-0.05, 0) is 50.1 Å². The number of urea groups is 1. The minimum absolute atomic E-state index is 0.179. The Kier molecular flexibility index (Phi) is 8.73. The normalized spacial score (nSPS) is 15.2.